The van der Waals surface area contributed by atoms with Gasteiger partial charge in [0.15, 0.2) is 0 Å². The molecule has 0 aromatic heterocycles. The molecule has 1 aromatic rings. The van der Waals surface area contributed by atoms with E-state index in [-0.39, 0.29) is 12.8 Å². The number of hydrogen-bond acceptors (Lipinski definition) is 3. The van der Waals surface area contributed by atoms with Crippen molar-refractivity contribution in [1.82, 2.24) is 0 Å². The van der Waals surface area contributed by atoms with Crippen molar-refractivity contribution in [1.29, 1.82) is 0 Å². The van der Waals surface area contributed by atoms with Crippen molar-refractivity contribution in [2.45, 2.75) is 75.1 Å². The van der Waals surface area contributed by atoms with Crippen LogP contribution in [0.15, 0.2) is 35.1 Å². The van der Waals surface area contributed by atoms with E-state index in [2.05, 4.69) is 100 Å². The van der Waals surface area contributed by atoms with E-state index in [1.54, 1.807) is 0 Å². The Hall–Kier alpha value is 0.711. The van der Waals surface area contributed by atoms with Gasteiger partial charge in [-0.3, -0.25) is 0 Å². The Labute approximate surface area is 222 Å². The fourth-order valence-electron chi connectivity index (χ4n) is 6.02. The van der Waals surface area contributed by atoms with Gasteiger partial charge in [0.1, 0.15) is 5.75 Å². The van der Waals surface area contributed by atoms with Crippen molar-refractivity contribution in [2.75, 3.05) is 0 Å². The van der Waals surface area contributed by atoms with Crippen LogP contribution in [0.1, 0.15) is 45.7 Å². The summed E-state index contributed by atoms with van der Waals surface area (Å²) in [5, 5.41) is 19.0. The molecule has 3 aliphatic rings. The summed E-state index contributed by atoms with van der Waals surface area (Å²) in [6, 6.07) is 6.98. The number of phenolic OH excluding ortho intramolecular Hbond substituents is 1. The van der Waals surface area contributed by atoms with Crippen molar-refractivity contribution in [3.8, 4) is 5.75 Å². The monoisotopic (exact) mass is 563 g/mol. The molecule has 0 saturated heterocycles. The molecule has 0 amide bonds. The number of benzene rings is 1. The van der Waals surface area contributed by atoms with E-state index < -0.39 is 25.1 Å². The van der Waals surface area contributed by atoms with Gasteiger partial charge in [0.05, 0.1) is 8.07 Å². The molecule has 1 aliphatic carbocycles. The number of aromatic hydroxyl groups is 1. The van der Waals surface area contributed by atoms with Gasteiger partial charge in [0.25, 0.3) is 0 Å². The second-order valence-corrected chi connectivity index (χ2v) is 19.6. The van der Waals surface area contributed by atoms with Gasteiger partial charge in [-0.2, -0.15) is 0 Å². The Balaban J connectivity index is 0.000000860. The Kier molecular flexibility index (Phi) is 10.5. The molecule has 1 nitrogen and oxygen atoms in total. The summed E-state index contributed by atoms with van der Waals surface area (Å²) in [6.45, 7) is 13.7. The quantitative estimate of drug-likeness (QED) is 0.293. The predicted molar refractivity (Wildman–Crippen MR) is 148 cm³/mol. The second-order valence-electron chi connectivity index (χ2n) is 9.93. The first-order valence-electron chi connectivity index (χ1n) is 11.1. The molecule has 0 spiro atoms. The number of rotatable bonds is 4. The van der Waals surface area contributed by atoms with Crippen LogP contribution in [0.4, 0.5) is 0 Å². The van der Waals surface area contributed by atoms with Gasteiger partial charge in [0.2, 0.25) is 0 Å². The molecule has 2 aliphatic heterocycles. The summed E-state index contributed by atoms with van der Waals surface area (Å²) in [5.41, 5.74) is 3.09. The molecule has 4 atom stereocenters. The number of aryl methyl sites for hydroxylation is 1. The topological polar surface area (TPSA) is 20.2 Å². The SMILES string of the molecule is CC[Si](CC)(c1cc(C)cc(C(C)(C)C)c1O)C1C2SC=CC2C2C=CSC21.[CH3-].[Cl][Ti][Cl]. The van der Waals surface area contributed by atoms with Crippen molar-refractivity contribution in [3.05, 3.63) is 53.7 Å². The molecule has 1 N–H and O–H groups in total. The van der Waals surface area contributed by atoms with Crippen molar-refractivity contribution in [3.63, 3.8) is 0 Å². The zero-order valence-electron chi connectivity index (χ0n) is 20.3. The van der Waals surface area contributed by atoms with Gasteiger partial charge < -0.3 is 12.5 Å². The molecule has 7 heteroatoms. The van der Waals surface area contributed by atoms with Gasteiger partial charge in [0, 0.05) is 10.5 Å². The average Bonchev–Trinajstić information content (AvgIpc) is 3.40. The van der Waals surface area contributed by atoms with E-state index >= 15 is 0 Å². The van der Waals surface area contributed by atoms with Crippen molar-refractivity contribution < 1.29 is 22.1 Å². The summed E-state index contributed by atoms with van der Waals surface area (Å²) in [5.74, 6) is 1.98. The van der Waals surface area contributed by atoms with Gasteiger partial charge in [-0.1, -0.05) is 76.6 Å². The predicted octanol–water partition coefficient (Wildman–Crippen LogP) is 8.39. The minimum absolute atomic E-state index is 0. The van der Waals surface area contributed by atoms with E-state index in [0.717, 1.165) is 5.56 Å². The van der Waals surface area contributed by atoms with Gasteiger partial charge in [-0.05, 0) is 51.3 Å². The van der Waals surface area contributed by atoms with Gasteiger partial charge >= 0.3 is 35.6 Å². The Morgan fingerprint density at radius 2 is 1.47 bits per heavy atom. The Bertz CT molecular complexity index is 825. The number of halogens is 2. The summed E-state index contributed by atoms with van der Waals surface area (Å²) >= 11 is 3.59. The molecule has 0 bridgehead atoms. The van der Waals surface area contributed by atoms with Crippen LogP contribution in [-0.4, -0.2) is 23.7 Å². The molecule has 178 valence electrons. The summed E-state index contributed by atoms with van der Waals surface area (Å²) in [6.07, 6.45) is 4.95. The van der Waals surface area contributed by atoms with E-state index in [0.29, 0.717) is 33.6 Å². The first kappa shape index (κ1) is 28.9. The first-order chi connectivity index (χ1) is 14.7. The molecule has 4 unspecified atom stereocenters. The number of hydrogen-bond donors (Lipinski definition) is 1. The molecule has 4 rings (SSSR count). The van der Waals surface area contributed by atoms with E-state index in [1.807, 2.05) is 0 Å². The normalized spacial score (nSPS) is 27.9. The number of phenols is 1. The maximum atomic E-state index is 11.6. The van der Waals surface area contributed by atoms with Crippen LogP contribution in [0.2, 0.25) is 17.6 Å². The summed E-state index contributed by atoms with van der Waals surface area (Å²) in [4.78, 5) is 0. The van der Waals surface area contributed by atoms with Crippen molar-refractivity contribution in [2.24, 2.45) is 11.8 Å². The number of fused-ring (bicyclic) bond motifs is 3. The van der Waals surface area contributed by atoms with Crippen LogP contribution in [0.25, 0.3) is 0 Å². The number of allylic oxidation sites excluding steroid dienone is 2. The minimum atomic E-state index is -1.92. The van der Waals surface area contributed by atoms with E-state index in [1.165, 1.54) is 22.8 Å². The van der Waals surface area contributed by atoms with Crippen LogP contribution in [-0.2, 0) is 22.4 Å². The average molecular weight is 565 g/mol. The third kappa shape index (κ3) is 5.13. The molecule has 1 aromatic carbocycles. The summed E-state index contributed by atoms with van der Waals surface area (Å²) in [7, 11) is 7.86. The van der Waals surface area contributed by atoms with Crippen LogP contribution in [0.5, 0.6) is 5.75 Å². The maximum absolute atomic E-state index is 11.6. The molecular formula is C25H37Cl2OS2SiTi-. The molecule has 1 saturated carbocycles. The third-order valence-electron chi connectivity index (χ3n) is 7.48. The Morgan fingerprint density at radius 3 is 1.88 bits per heavy atom. The van der Waals surface area contributed by atoms with Crippen molar-refractivity contribution >= 4 is 55.4 Å². The third-order valence-corrected chi connectivity index (χ3v) is 16.4. The molecule has 0 radical (unpaired) electrons. The fourth-order valence-corrected chi connectivity index (χ4v) is 16.0. The molecule has 2 heterocycles. The molecular weight excluding hydrogens is 527 g/mol. The Morgan fingerprint density at radius 1 is 1.00 bits per heavy atom. The fraction of sp³-hybridized carbons (Fsp3) is 0.560. The summed E-state index contributed by atoms with van der Waals surface area (Å²) < 4.78 is 0. The van der Waals surface area contributed by atoms with E-state index in [9.17, 15) is 5.11 Å². The second kappa shape index (κ2) is 11.6. The zero-order valence-corrected chi connectivity index (χ0v) is 26.0. The van der Waals surface area contributed by atoms with Gasteiger partial charge in [-0.15, -0.1) is 23.5 Å². The standard InChI is InChI=1S/C24H34OS2Si.CH3.2ClH.Ti/c1-7-28(8-2,19-14-15(3)13-18(20(19)25)24(4,5)6)23-21-16(9-11-26-21)17-10-12-27-22(17)23;;;;/h9-14,16-17,21-23,25H,7-8H2,1-6H3;1H3;2*1H;/q;-1;;;+2/p-2. The molecule has 1 fully saturated rings. The first-order valence-corrected chi connectivity index (χ1v) is 19.8. The van der Waals surface area contributed by atoms with Crippen LogP contribution >= 0.6 is 42.1 Å². The van der Waals surface area contributed by atoms with Crippen LogP contribution in [0.3, 0.4) is 0 Å². The van der Waals surface area contributed by atoms with Gasteiger partial charge in [-0.25, -0.2) is 0 Å². The number of thioether (sulfide) groups is 2. The van der Waals surface area contributed by atoms with Crippen LogP contribution < -0.4 is 5.19 Å². The zero-order chi connectivity index (χ0) is 23.0. The van der Waals surface area contributed by atoms with E-state index in [4.69, 9.17) is 18.6 Å². The molecule has 32 heavy (non-hydrogen) atoms. The van der Waals surface area contributed by atoms with Crippen LogP contribution in [0, 0.1) is 26.2 Å².